The Hall–Kier alpha value is -0.250. The van der Waals surface area contributed by atoms with Gasteiger partial charge in [0.15, 0.2) is 0 Å². The topological polar surface area (TPSA) is 15.3 Å². The average molecular weight is 344 g/mol. The highest BCUT2D eigenvalue weighted by molar-refractivity contribution is 9.10. The lowest BCUT2D eigenvalue weighted by Crippen LogP contribution is -2.63. The van der Waals surface area contributed by atoms with E-state index in [1.54, 1.807) is 0 Å². The minimum absolute atomic E-state index is 0.256. The number of nitrogens with one attached hydrogen (secondary N) is 1. The molecule has 0 spiro atoms. The fourth-order valence-electron chi connectivity index (χ4n) is 3.09. The van der Waals surface area contributed by atoms with Crippen molar-refractivity contribution in [2.45, 2.75) is 38.3 Å². The van der Waals surface area contributed by atoms with Gasteiger partial charge in [0.25, 0.3) is 0 Å². The van der Waals surface area contributed by atoms with Crippen molar-refractivity contribution in [1.29, 1.82) is 0 Å². The second-order valence-corrected chi connectivity index (χ2v) is 7.44. The molecule has 3 rings (SSSR count). The molecule has 1 aliphatic carbocycles. The largest absolute Gasteiger partial charge is 0.365 e. The van der Waals surface area contributed by atoms with Crippen LogP contribution in [0.1, 0.15) is 26.7 Å². The van der Waals surface area contributed by atoms with Gasteiger partial charge in [-0.1, -0.05) is 11.6 Å². The lowest BCUT2D eigenvalue weighted by Gasteiger charge is -2.47. The molecule has 2 unspecified atom stereocenters. The molecule has 1 N–H and O–H groups in total. The molecule has 1 heterocycles. The molecule has 104 valence electrons. The zero-order valence-corrected chi connectivity index (χ0v) is 13.8. The van der Waals surface area contributed by atoms with Crippen molar-refractivity contribution in [2.75, 3.05) is 18.0 Å². The summed E-state index contributed by atoms with van der Waals surface area (Å²) in [7, 11) is 0. The Morgan fingerprint density at radius 2 is 2.16 bits per heavy atom. The fraction of sp³-hybridized carbons (Fsp3) is 0.600. The molecule has 0 radical (unpaired) electrons. The Balaban J connectivity index is 1.88. The van der Waals surface area contributed by atoms with Gasteiger partial charge in [0.2, 0.25) is 0 Å². The average Bonchev–Trinajstić information content (AvgIpc) is 3.17. The predicted molar refractivity (Wildman–Crippen MR) is 85.1 cm³/mol. The molecular formula is C15H20BrClN2. The van der Waals surface area contributed by atoms with E-state index in [1.165, 1.54) is 18.5 Å². The maximum absolute atomic E-state index is 6.05. The number of anilines is 1. The van der Waals surface area contributed by atoms with Crippen LogP contribution in [0.15, 0.2) is 22.7 Å². The summed E-state index contributed by atoms with van der Waals surface area (Å²) in [6.45, 7) is 6.76. The summed E-state index contributed by atoms with van der Waals surface area (Å²) in [5.74, 6) is 0.841. The number of benzene rings is 1. The van der Waals surface area contributed by atoms with Gasteiger partial charge >= 0.3 is 0 Å². The van der Waals surface area contributed by atoms with Crippen molar-refractivity contribution in [3.8, 4) is 0 Å². The fourth-order valence-corrected chi connectivity index (χ4v) is 4.00. The van der Waals surface area contributed by atoms with E-state index in [-0.39, 0.29) is 5.54 Å². The van der Waals surface area contributed by atoms with Gasteiger partial charge in [-0.25, -0.2) is 0 Å². The third-order valence-corrected chi connectivity index (χ3v) is 5.40. The third-order valence-electron chi connectivity index (χ3n) is 4.53. The van der Waals surface area contributed by atoms with Crippen molar-refractivity contribution in [3.05, 3.63) is 27.7 Å². The van der Waals surface area contributed by atoms with Crippen LogP contribution in [0.25, 0.3) is 0 Å². The second-order valence-electron chi connectivity index (χ2n) is 6.15. The van der Waals surface area contributed by atoms with E-state index < -0.39 is 0 Å². The molecule has 19 heavy (non-hydrogen) atoms. The second kappa shape index (κ2) is 4.94. The van der Waals surface area contributed by atoms with Crippen molar-refractivity contribution < 1.29 is 0 Å². The first kappa shape index (κ1) is 13.7. The summed E-state index contributed by atoms with van der Waals surface area (Å²) in [6, 6.07) is 6.59. The lowest BCUT2D eigenvalue weighted by molar-refractivity contribution is 0.260. The third kappa shape index (κ3) is 2.65. The van der Waals surface area contributed by atoms with Crippen LogP contribution in [-0.4, -0.2) is 24.7 Å². The van der Waals surface area contributed by atoms with Crippen LogP contribution in [-0.2, 0) is 0 Å². The first-order valence-electron chi connectivity index (χ1n) is 6.96. The smallest absolute Gasteiger partial charge is 0.0515 e. The molecule has 2 atom stereocenters. The Bertz CT molecular complexity index is 489. The van der Waals surface area contributed by atoms with E-state index in [1.807, 2.05) is 12.1 Å². The summed E-state index contributed by atoms with van der Waals surface area (Å²) >= 11 is 9.70. The molecule has 1 saturated heterocycles. The molecule has 0 bridgehead atoms. The molecule has 2 fully saturated rings. The van der Waals surface area contributed by atoms with Crippen molar-refractivity contribution >= 4 is 33.2 Å². The number of halogens is 2. The molecular weight excluding hydrogens is 324 g/mol. The van der Waals surface area contributed by atoms with E-state index >= 15 is 0 Å². The number of nitrogens with zero attached hydrogens (tertiary/aromatic N) is 1. The molecule has 1 aromatic carbocycles. The van der Waals surface area contributed by atoms with Crippen LogP contribution < -0.4 is 10.2 Å². The van der Waals surface area contributed by atoms with Crippen LogP contribution in [0.4, 0.5) is 5.69 Å². The van der Waals surface area contributed by atoms with Gasteiger partial charge in [0.1, 0.15) is 0 Å². The van der Waals surface area contributed by atoms with Gasteiger partial charge in [-0.2, -0.15) is 0 Å². The highest BCUT2D eigenvalue weighted by atomic mass is 79.9. The van der Waals surface area contributed by atoms with Gasteiger partial charge in [-0.3, -0.25) is 0 Å². The van der Waals surface area contributed by atoms with Gasteiger partial charge < -0.3 is 10.2 Å². The van der Waals surface area contributed by atoms with Crippen LogP contribution in [0.5, 0.6) is 0 Å². The monoisotopic (exact) mass is 342 g/mol. The Labute approximate surface area is 128 Å². The van der Waals surface area contributed by atoms with E-state index in [0.29, 0.717) is 6.04 Å². The molecule has 1 aromatic rings. The van der Waals surface area contributed by atoms with Crippen LogP contribution in [0, 0.1) is 5.92 Å². The maximum Gasteiger partial charge on any atom is 0.0515 e. The Morgan fingerprint density at radius 3 is 2.79 bits per heavy atom. The molecule has 4 heteroatoms. The molecule has 2 aliphatic rings. The standard InChI is InChI=1S/C15H20BrClN2/c1-10-8-18-15(2,11-3-4-11)9-19(10)14-6-5-12(17)7-13(14)16/h5-7,10-11,18H,3-4,8-9H2,1-2H3. The Morgan fingerprint density at radius 1 is 1.42 bits per heavy atom. The SMILES string of the molecule is CC1CNC(C)(C2CC2)CN1c1ccc(Cl)cc1Br. The molecule has 1 aliphatic heterocycles. The van der Waals surface area contributed by atoms with Crippen LogP contribution in [0.2, 0.25) is 5.02 Å². The van der Waals surface area contributed by atoms with Crippen LogP contribution in [0.3, 0.4) is 0 Å². The van der Waals surface area contributed by atoms with E-state index in [4.69, 9.17) is 11.6 Å². The summed E-state index contributed by atoms with van der Waals surface area (Å²) in [4.78, 5) is 2.51. The quantitative estimate of drug-likeness (QED) is 0.871. The number of hydrogen-bond donors (Lipinski definition) is 1. The summed E-state index contributed by atoms with van der Waals surface area (Å²) < 4.78 is 1.09. The predicted octanol–water partition coefficient (Wildman–Crippen LogP) is 4.07. The molecule has 0 aromatic heterocycles. The van der Waals surface area contributed by atoms with E-state index in [9.17, 15) is 0 Å². The highest BCUT2D eigenvalue weighted by Crippen LogP contribution is 2.43. The van der Waals surface area contributed by atoms with E-state index in [2.05, 4.69) is 46.1 Å². The molecule has 1 saturated carbocycles. The van der Waals surface area contributed by atoms with Crippen molar-refractivity contribution in [3.63, 3.8) is 0 Å². The first-order chi connectivity index (χ1) is 8.99. The van der Waals surface area contributed by atoms with Crippen LogP contribution >= 0.6 is 27.5 Å². The van der Waals surface area contributed by atoms with Crippen molar-refractivity contribution in [2.24, 2.45) is 5.92 Å². The minimum atomic E-state index is 0.256. The van der Waals surface area contributed by atoms with Gasteiger partial charge in [0.05, 0.1) is 5.69 Å². The summed E-state index contributed by atoms with van der Waals surface area (Å²) in [5, 5.41) is 4.54. The van der Waals surface area contributed by atoms with Gasteiger partial charge in [-0.05, 0) is 66.7 Å². The maximum atomic E-state index is 6.05. The first-order valence-corrected chi connectivity index (χ1v) is 8.13. The van der Waals surface area contributed by atoms with Gasteiger partial charge in [-0.15, -0.1) is 0 Å². The van der Waals surface area contributed by atoms with E-state index in [0.717, 1.165) is 28.5 Å². The summed E-state index contributed by atoms with van der Waals surface area (Å²) in [6.07, 6.45) is 2.74. The van der Waals surface area contributed by atoms with Gasteiger partial charge in [0, 0.05) is 34.2 Å². The highest BCUT2D eigenvalue weighted by Gasteiger charge is 2.45. The molecule has 0 amide bonds. The summed E-state index contributed by atoms with van der Waals surface area (Å²) in [5.41, 5.74) is 1.51. The number of rotatable bonds is 2. The number of piperazine rings is 1. The zero-order chi connectivity index (χ0) is 13.6. The Kier molecular flexibility index (Phi) is 3.57. The minimum Gasteiger partial charge on any atom is -0.365 e. The number of hydrogen-bond acceptors (Lipinski definition) is 2. The van der Waals surface area contributed by atoms with Crippen molar-refractivity contribution in [1.82, 2.24) is 5.32 Å². The lowest BCUT2D eigenvalue weighted by atomic mass is 9.91. The normalized spacial score (nSPS) is 31.6. The molecule has 2 nitrogen and oxygen atoms in total. The zero-order valence-electron chi connectivity index (χ0n) is 11.4.